The summed E-state index contributed by atoms with van der Waals surface area (Å²) < 4.78 is 0. The van der Waals surface area contributed by atoms with E-state index >= 15 is 0 Å². The molecule has 5 N–H and O–H groups in total. The van der Waals surface area contributed by atoms with E-state index in [4.69, 9.17) is 11.5 Å². The fourth-order valence-electron chi connectivity index (χ4n) is 2.12. The second kappa shape index (κ2) is 9.07. The van der Waals surface area contributed by atoms with Crippen LogP contribution in [0, 0.1) is 5.92 Å². The number of thiol groups is 1. The summed E-state index contributed by atoms with van der Waals surface area (Å²) in [5, 5.41) is 2.74. The fraction of sp³-hybridized carbons (Fsp3) is 0.562. The monoisotopic (exact) mass is 309 g/mol. The normalized spacial score (nSPS) is 15.5. The molecule has 0 radical (unpaired) electrons. The van der Waals surface area contributed by atoms with Crippen molar-refractivity contribution in [3.8, 4) is 0 Å². The van der Waals surface area contributed by atoms with Crippen LogP contribution < -0.4 is 16.8 Å². The zero-order valence-electron chi connectivity index (χ0n) is 12.8. The van der Waals surface area contributed by atoms with E-state index in [2.05, 4.69) is 17.9 Å². The van der Waals surface area contributed by atoms with Gasteiger partial charge in [-0.25, -0.2) is 0 Å². The molecule has 0 aliphatic rings. The minimum Gasteiger partial charge on any atom is -0.354 e. The van der Waals surface area contributed by atoms with Gasteiger partial charge in [0.2, 0.25) is 5.91 Å². The maximum absolute atomic E-state index is 11.9. The highest BCUT2D eigenvalue weighted by Gasteiger charge is 2.18. The molecule has 118 valence electrons. The Morgan fingerprint density at radius 2 is 1.86 bits per heavy atom. The minimum atomic E-state index is -0.462. The van der Waals surface area contributed by atoms with E-state index in [9.17, 15) is 4.79 Å². The molecule has 0 fully saturated rings. The van der Waals surface area contributed by atoms with Crippen LogP contribution in [-0.4, -0.2) is 29.8 Å². The first-order valence-electron chi connectivity index (χ1n) is 7.41. The zero-order valence-corrected chi connectivity index (χ0v) is 13.7. The Labute approximate surface area is 133 Å². The highest BCUT2D eigenvalue weighted by molar-refractivity contribution is 7.81. The first kappa shape index (κ1) is 18.0. The van der Waals surface area contributed by atoms with Crippen LogP contribution in [-0.2, 0) is 11.2 Å². The molecule has 0 aromatic heterocycles. The van der Waals surface area contributed by atoms with Crippen LogP contribution in [0.15, 0.2) is 30.3 Å². The molecule has 1 aromatic carbocycles. The lowest BCUT2D eigenvalue weighted by Gasteiger charge is -2.21. The smallest absolute Gasteiger partial charge is 0.236 e. The van der Waals surface area contributed by atoms with Crippen LogP contribution in [0.4, 0.5) is 0 Å². The number of hydrogen-bond donors (Lipinski definition) is 4. The van der Waals surface area contributed by atoms with Crippen molar-refractivity contribution in [1.29, 1.82) is 0 Å². The molecule has 0 aliphatic heterocycles. The van der Waals surface area contributed by atoms with Gasteiger partial charge >= 0.3 is 0 Å². The van der Waals surface area contributed by atoms with Gasteiger partial charge in [-0.15, -0.1) is 0 Å². The van der Waals surface area contributed by atoms with Gasteiger partial charge in [0.05, 0.1) is 6.04 Å². The Morgan fingerprint density at radius 1 is 1.24 bits per heavy atom. The molecular formula is C16H27N3OS. The number of nitrogens with two attached hydrogens (primary N) is 2. The van der Waals surface area contributed by atoms with Crippen LogP contribution in [0.1, 0.15) is 25.8 Å². The van der Waals surface area contributed by atoms with E-state index in [-0.39, 0.29) is 17.2 Å². The summed E-state index contributed by atoms with van der Waals surface area (Å²) in [4.78, 5) is 11.9. The van der Waals surface area contributed by atoms with Crippen molar-refractivity contribution in [3.05, 3.63) is 35.9 Å². The lowest BCUT2D eigenvalue weighted by molar-refractivity contribution is -0.122. The highest BCUT2D eigenvalue weighted by Crippen LogP contribution is 2.08. The van der Waals surface area contributed by atoms with Crippen molar-refractivity contribution in [1.82, 2.24) is 5.32 Å². The van der Waals surface area contributed by atoms with E-state index in [0.29, 0.717) is 18.9 Å². The molecule has 3 atom stereocenters. The van der Waals surface area contributed by atoms with Gasteiger partial charge in [-0.2, -0.15) is 12.6 Å². The molecular weight excluding hydrogens is 282 g/mol. The van der Waals surface area contributed by atoms with E-state index in [1.165, 1.54) is 5.56 Å². The molecule has 0 aliphatic carbocycles. The zero-order chi connectivity index (χ0) is 15.8. The van der Waals surface area contributed by atoms with Crippen molar-refractivity contribution in [2.45, 2.75) is 44.0 Å². The third-order valence-corrected chi connectivity index (χ3v) is 3.92. The molecule has 0 bridgehead atoms. The molecule has 1 aromatic rings. The van der Waals surface area contributed by atoms with Gasteiger partial charge in [0.1, 0.15) is 0 Å². The molecule has 0 saturated heterocycles. The lowest BCUT2D eigenvalue weighted by Crippen LogP contribution is -2.47. The largest absolute Gasteiger partial charge is 0.354 e. The van der Waals surface area contributed by atoms with Crippen molar-refractivity contribution in [2.24, 2.45) is 17.4 Å². The van der Waals surface area contributed by atoms with Gasteiger partial charge in [-0.1, -0.05) is 44.2 Å². The Hall–Kier alpha value is -1.04. The van der Waals surface area contributed by atoms with Gasteiger partial charge < -0.3 is 16.8 Å². The number of carbonyl (C=O) groups excluding carboxylic acids is 1. The summed E-state index contributed by atoms with van der Waals surface area (Å²) in [5.74, 6) is 0.271. The Balaban J connectivity index is 2.35. The number of amides is 1. The molecule has 0 saturated carbocycles. The Bertz CT molecular complexity index is 425. The summed E-state index contributed by atoms with van der Waals surface area (Å²) in [5.41, 5.74) is 13.1. The minimum absolute atomic E-state index is 0.0968. The molecule has 4 nitrogen and oxygen atoms in total. The molecule has 1 unspecified atom stereocenters. The third kappa shape index (κ3) is 6.98. The average molecular weight is 309 g/mol. The molecule has 0 heterocycles. The number of hydrogen-bond acceptors (Lipinski definition) is 4. The maximum atomic E-state index is 11.9. The SMILES string of the molecule is CC(C)C[C@H](N)C(=O)NCC(S)[C@@H](N)Cc1ccccc1. The maximum Gasteiger partial charge on any atom is 0.236 e. The fourth-order valence-corrected chi connectivity index (χ4v) is 2.32. The third-order valence-electron chi connectivity index (χ3n) is 3.36. The highest BCUT2D eigenvalue weighted by atomic mass is 32.1. The Morgan fingerprint density at radius 3 is 2.43 bits per heavy atom. The quantitative estimate of drug-likeness (QED) is 0.547. The predicted molar refractivity (Wildman–Crippen MR) is 91.3 cm³/mol. The Kier molecular flexibility index (Phi) is 7.78. The van der Waals surface area contributed by atoms with Crippen LogP contribution in [0.5, 0.6) is 0 Å². The number of carbonyl (C=O) groups is 1. The van der Waals surface area contributed by atoms with Gasteiger partial charge in [0.15, 0.2) is 0 Å². The first-order valence-corrected chi connectivity index (χ1v) is 7.92. The lowest BCUT2D eigenvalue weighted by atomic mass is 10.0. The van der Waals surface area contributed by atoms with Gasteiger partial charge in [-0.3, -0.25) is 4.79 Å². The summed E-state index contributed by atoms with van der Waals surface area (Å²) >= 11 is 4.49. The number of rotatable bonds is 8. The van der Waals surface area contributed by atoms with Crippen molar-refractivity contribution in [2.75, 3.05) is 6.54 Å². The average Bonchev–Trinajstić information content (AvgIpc) is 2.44. The van der Waals surface area contributed by atoms with Crippen LogP contribution in [0.25, 0.3) is 0 Å². The summed E-state index contributed by atoms with van der Waals surface area (Å²) in [6, 6.07) is 9.46. The van der Waals surface area contributed by atoms with Gasteiger partial charge in [0, 0.05) is 17.8 Å². The van der Waals surface area contributed by atoms with Crippen LogP contribution in [0.2, 0.25) is 0 Å². The topological polar surface area (TPSA) is 81.1 Å². The van der Waals surface area contributed by atoms with Gasteiger partial charge in [0.25, 0.3) is 0 Å². The molecule has 0 spiro atoms. The second-order valence-electron chi connectivity index (χ2n) is 5.90. The molecule has 1 amide bonds. The molecule has 5 heteroatoms. The van der Waals surface area contributed by atoms with E-state index in [0.717, 1.165) is 6.42 Å². The van der Waals surface area contributed by atoms with E-state index < -0.39 is 6.04 Å². The summed E-state index contributed by atoms with van der Waals surface area (Å²) in [7, 11) is 0. The van der Waals surface area contributed by atoms with E-state index in [1.54, 1.807) is 0 Å². The number of benzene rings is 1. The second-order valence-corrected chi connectivity index (χ2v) is 6.57. The molecule has 1 rings (SSSR count). The van der Waals surface area contributed by atoms with Crippen molar-refractivity contribution < 1.29 is 4.79 Å². The first-order chi connectivity index (χ1) is 9.90. The predicted octanol–water partition coefficient (Wildman–Crippen LogP) is 1.34. The van der Waals surface area contributed by atoms with E-state index in [1.807, 2.05) is 44.2 Å². The van der Waals surface area contributed by atoms with Crippen LogP contribution >= 0.6 is 12.6 Å². The van der Waals surface area contributed by atoms with Crippen LogP contribution in [0.3, 0.4) is 0 Å². The van der Waals surface area contributed by atoms with Gasteiger partial charge in [-0.05, 0) is 24.3 Å². The summed E-state index contributed by atoms with van der Waals surface area (Å²) in [6.07, 6.45) is 1.42. The summed E-state index contributed by atoms with van der Waals surface area (Å²) in [6.45, 7) is 4.52. The molecule has 21 heavy (non-hydrogen) atoms. The van der Waals surface area contributed by atoms with Crippen molar-refractivity contribution >= 4 is 18.5 Å². The standard InChI is InChI=1S/C16H27N3OS/c1-11(2)8-14(18)16(20)19-10-15(21)13(17)9-12-6-4-3-5-7-12/h3-7,11,13-15,21H,8-10,17-18H2,1-2H3,(H,19,20)/t13-,14-,15?/m0/s1. The number of nitrogens with one attached hydrogen (secondary N) is 1. The van der Waals surface area contributed by atoms with Crippen molar-refractivity contribution in [3.63, 3.8) is 0 Å².